The predicted molar refractivity (Wildman–Crippen MR) is 162 cm³/mol. The largest absolute Gasteiger partial charge is 0.508 e. The zero-order valence-electron chi connectivity index (χ0n) is 23.7. The summed E-state index contributed by atoms with van der Waals surface area (Å²) in [6.45, 7) is -0.0337. The maximum Gasteiger partial charge on any atom is 0.160 e. The third-order valence-electron chi connectivity index (χ3n) is 8.66. The number of ether oxygens (including phenoxy) is 3. The van der Waals surface area contributed by atoms with E-state index in [9.17, 15) is 20.4 Å². The number of aromatic hydroxyl groups is 2. The van der Waals surface area contributed by atoms with Crippen molar-refractivity contribution >= 4 is 10.9 Å². The smallest absolute Gasteiger partial charge is 0.160 e. The number of rotatable bonds is 7. The molecule has 8 nitrogen and oxygen atoms in total. The number of fused-ring (bicyclic) bond motifs is 6. The zero-order valence-corrected chi connectivity index (χ0v) is 23.7. The van der Waals surface area contributed by atoms with Gasteiger partial charge in [0.2, 0.25) is 0 Å². The highest BCUT2D eigenvalue weighted by molar-refractivity contribution is 5.83. The minimum Gasteiger partial charge on any atom is -0.508 e. The third kappa shape index (κ3) is 4.82. The van der Waals surface area contributed by atoms with Gasteiger partial charge >= 0.3 is 0 Å². The van der Waals surface area contributed by atoms with Crippen molar-refractivity contribution in [1.29, 1.82) is 0 Å². The van der Waals surface area contributed by atoms with Gasteiger partial charge in [-0.2, -0.15) is 0 Å². The number of hydrogen-bond acceptors (Lipinski definition) is 7. The molecule has 0 saturated heterocycles. The number of phenols is 2. The fourth-order valence-electron chi connectivity index (χ4n) is 6.71. The van der Waals surface area contributed by atoms with Crippen LogP contribution in [0.4, 0.5) is 0 Å². The summed E-state index contributed by atoms with van der Waals surface area (Å²) in [6.07, 6.45) is 2.19. The fourth-order valence-corrected chi connectivity index (χ4v) is 6.71. The van der Waals surface area contributed by atoms with Crippen LogP contribution in [-0.4, -0.2) is 51.8 Å². The second-order valence-electron chi connectivity index (χ2n) is 11.3. The summed E-state index contributed by atoms with van der Waals surface area (Å²) >= 11 is 0. The molecule has 3 atom stereocenters. The molecular formula is C35H33NO7. The van der Waals surface area contributed by atoms with Gasteiger partial charge in [0.25, 0.3) is 0 Å². The van der Waals surface area contributed by atoms with Crippen molar-refractivity contribution in [3.05, 3.63) is 101 Å². The van der Waals surface area contributed by atoms with Crippen LogP contribution < -0.4 is 14.2 Å². The second-order valence-corrected chi connectivity index (χ2v) is 11.3. The number of aliphatic hydroxyl groups excluding tert-OH is 2. The van der Waals surface area contributed by atoms with Gasteiger partial charge < -0.3 is 39.6 Å². The number of hydrogen-bond donors (Lipinski definition) is 5. The molecule has 0 bridgehead atoms. The Kier molecular flexibility index (Phi) is 6.88. The van der Waals surface area contributed by atoms with Gasteiger partial charge in [0.05, 0.1) is 19.8 Å². The van der Waals surface area contributed by atoms with Crippen LogP contribution in [0.25, 0.3) is 22.0 Å². The lowest BCUT2D eigenvalue weighted by Gasteiger charge is -2.37. The van der Waals surface area contributed by atoms with Crippen LogP contribution in [0.3, 0.4) is 0 Å². The van der Waals surface area contributed by atoms with E-state index in [1.54, 1.807) is 18.2 Å². The standard InChI is InChI=1S/C35H33NO7/c1-41-32-15-21(3-7-29(32)39)35-30(40)17-26-27-14-22(13-19-2-6-28-20(12-19)8-9-36-28)25-16-23(38)4-5-24(25)34(27)33(42-11-10-37)18-31(26)43-35/h2-9,12,15-16,18,22,30,35-40H,10-11,13-14,17H2,1H3. The maximum absolute atomic E-state index is 11.4. The van der Waals surface area contributed by atoms with E-state index in [-0.39, 0.29) is 30.6 Å². The molecule has 1 aliphatic carbocycles. The van der Waals surface area contributed by atoms with Gasteiger partial charge in [-0.3, -0.25) is 0 Å². The van der Waals surface area contributed by atoms with Crippen LogP contribution in [0, 0.1) is 0 Å². The number of aromatic nitrogens is 1. The zero-order chi connectivity index (χ0) is 29.7. The van der Waals surface area contributed by atoms with Gasteiger partial charge in [0, 0.05) is 35.3 Å². The molecule has 0 fully saturated rings. The summed E-state index contributed by atoms with van der Waals surface area (Å²) < 4.78 is 17.9. The molecule has 4 aromatic carbocycles. The third-order valence-corrected chi connectivity index (χ3v) is 8.66. The molecule has 1 aliphatic heterocycles. The van der Waals surface area contributed by atoms with E-state index in [1.807, 2.05) is 24.4 Å². The molecule has 7 rings (SSSR count). The molecule has 0 spiro atoms. The Hall–Kier alpha value is -4.66. The van der Waals surface area contributed by atoms with Crippen LogP contribution in [0.5, 0.6) is 28.7 Å². The molecule has 0 radical (unpaired) electrons. The highest BCUT2D eigenvalue weighted by atomic mass is 16.5. The van der Waals surface area contributed by atoms with E-state index < -0.39 is 12.2 Å². The van der Waals surface area contributed by atoms with Gasteiger partial charge in [-0.25, -0.2) is 0 Å². The number of phenolic OH excluding ortho intramolecular Hbond substituents is 2. The summed E-state index contributed by atoms with van der Waals surface area (Å²) in [5.74, 6) is 1.77. The first-order chi connectivity index (χ1) is 20.9. The number of nitrogens with one attached hydrogen (secondary N) is 1. The molecule has 43 heavy (non-hydrogen) atoms. The van der Waals surface area contributed by atoms with E-state index in [4.69, 9.17) is 14.2 Å². The number of aromatic amines is 1. The lowest BCUT2D eigenvalue weighted by Crippen LogP contribution is -2.32. The van der Waals surface area contributed by atoms with Crippen LogP contribution in [0.1, 0.15) is 39.8 Å². The van der Waals surface area contributed by atoms with Gasteiger partial charge in [-0.05, 0) is 94.4 Å². The van der Waals surface area contributed by atoms with Crippen LogP contribution in [0.2, 0.25) is 0 Å². The molecule has 1 aromatic heterocycles. The number of aliphatic hydroxyl groups is 2. The van der Waals surface area contributed by atoms with Crippen molar-refractivity contribution in [3.8, 4) is 39.9 Å². The molecule has 8 heteroatoms. The first-order valence-corrected chi connectivity index (χ1v) is 14.5. The first kappa shape index (κ1) is 27.2. The van der Waals surface area contributed by atoms with Crippen LogP contribution in [-0.2, 0) is 19.3 Å². The van der Waals surface area contributed by atoms with Gasteiger partial charge in [-0.15, -0.1) is 0 Å². The normalized spacial score (nSPS) is 18.8. The predicted octanol–water partition coefficient (Wildman–Crippen LogP) is 5.55. The molecule has 5 aromatic rings. The second kappa shape index (κ2) is 10.9. The molecule has 0 saturated carbocycles. The SMILES string of the molecule is COc1cc(C2Oc3cc(OCCO)c4c(c3CC2O)CC(Cc2ccc3[nH]ccc3c2)c2cc(O)ccc2-4)ccc1O. The Morgan fingerprint density at radius 3 is 2.65 bits per heavy atom. The molecule has 2 heterocycles. The van der Waals surface area contributed by atoms with E-state index in [2.05, 4.69) is 29.2 Å². The maximum atomic E-state index is 11.4. The highest BCUT2D eigenvalue weighted by Gasteiger charge is 2.37. The van der Waals surface area contributed by atoms with Crippen LogP contribution >= 0.6 is 0 Å². The van der Waals surface area contributed by atoms with Gasteiger partial charge in [0.1, 0.15) is 30.0 Å². The lowest BCUT2D eigenvalue weighted by atomic mass is 9.73. The van der Waals surface area contributed by atoms with E-state index in [0.29, 0.717) is 35.7 Å². The van der Waals surface area contributed by atoms with E-state index in [0.717, 1.165) is 45.1 Å². The molecule has 5 N–H and O–H groups in total. The fraction of sp³-hybridized carbons (Fsp3) is 0.257. The Balaban J connectivity index is 1.33. The average molecular weight is 580 g/mol. The van der Waals surface area contributed by atoms with Gasteiger partial charge in [0.15, 0.2) is 11.5 Å². The molecular weight excluding hydrogens is 546 g/mol. The Bertz CT molecular complexity index is 1830. The minimum absolute atomic E-state index is 0.0112. The molecule has 0 amide bonds. The number of H-pyrrole nitrogens is 1. The Morgan fingerprint density at radius 2 is 1.81 bits per heavy atom. The van der Waals surface area contributed by atoms with E-state index >= 15 is 0 Å². The van der Waals surface area contributed by atoms with Crippen molar-refractivity contribution in [1.82, 2.24) is 4.98 Å². The topological polar surface area (TPSA) is 124 Å². The molecule has 220 valence electrons. The quantitative estimate of drug-likeness (QED) is 0.171. The van der Waals surface area contributed by atoms with E-state index in [1.165, 1.54) is 18.7 Å². The summed E-state index contributed by atoms with van der Waals surface area (Å²) in [7, 11) is 1.48. The summed E-state index contributed by atoms with van der Waals surface area (Å²) in [5.41, 5.74) is 7.81. The first-order valence-electron chi connectivity index (χ1n) is 14.5. The van der Waals surface area contributed by atoms with Crippen molar-refractivity contribution in [2.75, 3.05) is 20.3 Å². The molecule has 2 aliphatic rings. The summed E-state index contributed by atoms with van der Waals surface area (Å²) in [4.78, 5) is 3.25. The van der Waals surface area contributed by atoms with Crippen LogP contribution in [0.15, 0.2) is 72.9 Å². The van der Waals surface area contributed by atoms with Crippen molar-refractivity contribution in [2.24, 2.45) is 0 Å². The summed E-state index contributed by atoms with van der Waals surface area (Å²) in [6, 6.07) is 20.7. The van der Waals surface area contributed by atoms with Crippen molar-refractivity contribution in [3.63, 3.8) is 0 Å². The Morgan fingerprint density at radius 1 is 0.930 bits per heavy atom. The average Bonchev–Trinajstić information content (AvgIpc) is 3.48. The monoisotopic (exact) mass is 579 g/mol. The van der Waals surface area contributed by atoms with Gasteiger partial charge in [-0.1, -0.05) is 18.2 Å². The molecule has 3 unspecified atom stereocenters. The van der Waals surface area contributed by atoms with Crippen molar-refractivity contribution in [2.45, 2.75) is 37.4 Å². The lowest BCUT2D eigenvalue weighted by molar-refractivity contribution is 0.0201. The Labute approximate surface area is 248 Å². The van der Waals surface area contributed by atoms with Crippen molar-refractivity contribution < 1.29 is 34.6 Å². The number of benzene rings is 4. The highest BCUT2D eigenvalue weighted by Crippen LogP contribution is 2.52. The number of methoxy groups -OCH3 is 1. The minimum atomic E-state index is -0.842. The summed E-state index contributed by atoms with van der Waals surface area (Å²) in [5, 5.41) is 42.8.